The number of carbonyl (C=O) groups excluding carboxylic acids is 1. The fourth-order valence-electron chi connectivity index (χ4n) is 3.72. The van der Waals surface area contributed by atoms with Crippen LogP contribution in [0.15, 0.2) is 17.2 Å². The summed E-state index contributed by atoms with van der Waals surface area (Å²) in [6.45, 7) is 12.2. The molecule has 0 radical (unpaired) electrons. The van der Waals surface area contributed by atoms with E-state index in [0.717, 1.165) is 30.5 Å². The van der Waals surface area contributed by atoms with Crippen molar-refractivity contribution in [3.8, 4) is 6.07 Å². The molecule has 1 unspecified atom stereocenters. The van der Waals surface area contributed by atoms with Gasteiger partial charge in [0.15, 0.2) is 0 Å². The van der Waals surface area contributed by atoms with Crippen LogP contribution in [0.4, 0.5) is 5.69 Å². The Kier molecular flexibility index (Phi) is 5.84. The van der Waals surface area contributed by atoms with Crippen LogP contribution in [0.25, 0.3) is 0 Å². The second-order valence-electron chi connectivity index (χ2n) is 7.46. The van der Waals surface area contributed by atoms with Crippen molar-refractivity contribution in [3.63, 3.8) is 0 Å². The van der Waals surface area contributed by atoms with E-state index in [4.69, 9.17) is 5.26 Å². The average molecular weight is 340 g/mol. The molecule has 0 saturated carbocycles. The van der Waals surface area contributed by atoms with Crippen molar-refractivity contribution in [3.05, 3.63) is 28.8 Å². The van der Waals surface area contributed by atoms with Gasteiger partial charge < -0.3 is 4.90 Å². The number of benzene rings is 1. The van der Waals surface area contributed by atoms with Crippen LogP contribution >= 0.6 is 0 Å². The zero-order valence-corrected chi connectivity index (χ0v) is 15.9. The van der Waals surface area contributed by atoms with Gasteiger partial charge in [-0.1, -0.05) is 13.8 Å². The normalized spacial score (nSPS) is 18.7. The maximum absolute atomic E-state index is 11.3. The van der Waals surface area contributed by atoms with Gasteiger partial charge in [0.1, 0.15) is 6.42 Å². The summed E-state index contributed by atoms with van der Waals surface area (Å²) < 4.78 is 0. The molecule has 0 fully saturated rings. The lowest BCUT2D eigenvalue weighted by atomic mass is 9.79. The minimum atomic E-state index is -0.390. The Bertz CT molecular complexity index is 715. The smallest absolute Gasteiger partial charge is 0.254 e. The summed E-state index contributed by atoms with van der Waals surface area (Å²) in [5.41, 5.74) is 7.32. The number of carbonyl (C=O) groups is 1. The van der Waals surface area contributed by atoms with Crippen LogP contribution < -0.4 is 10.3 Å². The molecular weight excluding hydrogens is 312 g/mol. The first-order valence-electron chi connectivity index (χ1n) is 8.91. The van der Waals surface area contributed by atoms with Gasteiger partial charge in [-0.25, -0.2) is 5.43 Å². The zero-order chi connectivity index (χ0) is 18.6. The van der Waals surface area contributed by atoms with E-state index in [1.54, 1.807) is 6.21 Å². The number of nitriles is 1. The number of nitrogens with one attached hydrogen (secondary N) is 1. The molecule has 1 aliphatic rings. The third-order valence-electron chi connectivity index (χ3n) is 4.85. The molecule has 1 amide bonds. The van der Waals surface area contributed by atoms with Crippen LogP contribution in [-0.2, 0) is 4.79 Å². The Labute approximate surface area is 150 Å². The predicted octanol–water partition coefficient (Wildman–Crippen LogP) is 3.86. The maximum Gasteiger partial charge on any atom is 0.254 e. The molecule has 2 rings (SSSR count). The maximum atomic E-state index is 11.3. The molecule has 134 valence electrons. The first-order valence-corrected chi connectivity index (χ1v) is 8.91. The van der Waals surface area contributed by atoms with Crippen molar-refractivity contribution in [2.45, 2.75) is 65.3 Å². The van der Waals surface area contributed by atoms with E-state index in [0.29, 0.717) is 5.92 Å². The number of aryl methyl sites for hydroxylation is 1. The van der Waals surface area contributed by atoms with Gasteiger partial charge in [0.05, 0.1) is 12.3 Å². The second kappa shape index (κ2) is 7.69. The van der Waals surface area contributed by atoms with Crippen LogP contribution in [0.5, 0.6) is 0 Å². The molecule has 5 heteroatoms. The highest BCUT2D eigenvalue weighted by molar-refractivity contribution is 5.86. The molecule has 25 heavy (non-hydrogen) atoms. The van der Waals surface area contributed by atoms with Crippen molar-refractivity contribution >= 4 is 17.8 Å². The molecule has 1 atom stereocenters. The largest absolute Gasteiger partial charge is 0.366 e. The summed E-state index contributed by atoms with van der Waals surface area (Å²) in [5, 5.41) is 12.5. The Morgan fingerprint density at radius 2 is 2.24 bits per heavy atom. The topological polar surface area (TPSA) is 68.5 Å². The number of fused-ring (bicyclic) bond motifs is 1. The monoisotopic (exact) mass is 340 g/mol. The van der Waals surface area contributed by atoms with Gasteiger partial charge in [0, 0.05) is 17.8 Å². The highest BCUT2D eigenvalue weighted by Gasteiger charge is 2.36. The summed E-state index contributed by atoms with van der Waals surface area (Å²) in [4.78, 5) is 13.9. The quantitative estimate of drug-likeness (QED) is 0.653. The van der Waals surface area contributed by atoms with Crippen LogP contribution in [0.1, 0.15) is 69.6 Å². The highest BCUT2D eigenvalue weighted by atomic mass is 16.2. The molecule has 1 N–H and O–H groups in total. The van der Waals surface area contributed by atoms with Crippen molar-refractivity contribution in [2.75, 3.05) is 11.4 Å². The zero-order valence-electron chi connectivity index (χ0n) is 15.9. The van der Waals surface area contributed by atoms with Crippen molar-refractivity contribution in [1.82, 2.24) is 5.43 Å². The van der Waals surface area contributed by atoms with Crippen molar-refractivity contribution in [2.24, 2.45) is 5.10 Å². The van der Waals surface area contributed by atoms with E-state index < -0.39 is 5.91 Å². The minimum absolute atomic E-state index is 0.149. The summed E-state index contributed by atoms with van der Waals surface area (Å²) >= 11 is 0. The fourth-order valence-corrected chi connectivity index (χ4v) is 3.72. The molecule has 0 aromatic heterocycles. The summed E-state index contributed by atoms with van der Waals surface area (Å²) in [6, 6.07) is 6.23. The van der Waals surface area contributed by atoms with E-state index >= 15 is 0 Å². The van der Waals surface area contributed by atoms with Crippen LogP contribution in [0.2, 0.25) is 0 Å². The lowest BCUT2D eigenvalue weighted by Gasteiger charge is -2.48. The lowest BCUT2D eigenvalue weighted by molar-refractivity contribution is -0.120. The second-order valence-corrected chi connectivity index (χ2v) is 7.46. The molecule has 0 bridgehead atoms. The summed E-state index contributed by atoms with van der Waals surface area (Å²) in [5.74, 6) is 0.0811. The molecule has 0 spiro atoms. The number of hydrogen-bond acceptors (Lipinski definition) is 4. The molecule has 5 nitrogen and oxygen atoms in total. The number of rotatable bonds is 5. The van der Waals surface area contributed by atoms with Gasteiger partial charge in [-0.15, -0.1) is 0 Å². The number of anilines is 1. The van der Waals surface area contributed by atoms with Gasteiger partial charge >= 0.3 is 0 Å². The van der Waals surface area contributed by atoms with Gasteiger partial charge in [-0.2, -0.15) is 10.4 Å². The Hall–Kier alpha value is -2.35. The molecule has 0 saturated heterocycles. The summed E-state index contributed by atoms with van der Waals surface area (Å²) in [7, 11) is 0. The van der Waals surface area contributed by atoms with E-state index in [1.807, 2.05) is 6.07 Å². The average Bonchev–Trinajstić information content (AvgIpc) is 2.52. The van der Waals surface area contributed by atoms with Crippen molar-refractivity contribution < 1.29 is 4.79 Å². The number of hydrazone groups is 1. The van der Waals surface area contributed by atoms with Gasteiger partial charge in [0.25, 0.3) is 5.91 Å². The molecule has 0 aliphatic carbocycles. The molecule has 1 aliphatic heterocycles. The Balaban J connectivity index is 2.34. The SMILES string of the molecule is CCCN1c2cc(C)c(/C=N\NC(=O)CC#N)cc2C(C)CC1(C)C. The first-order chi connectivity index (χ1) is 11.8. The number of hydrogen-bond donors (Lipinski definition) is 1. The molecule has 1 aromatic rings. The van der Waals surface area contributed by atoms with Gasteiger partial charge in [0.2, 0.25) is 0 Å². The van der Waals surface area contributed by atoms with E-state index in [-0.39, 0.29) is 12.0 Å². The Morgan fingerprint density at radius 1 is 1.52 bits per heavy atom. The molecule has 1 heterocycles. The summed E-state index contributed by atoms with van der Waals surface area (Å²) in [6.07, 6.45) is 3.71. The van der Waals surface area contributed by atoms with Crippen LogP contribution in [-0.4, -0.2) is 24.2 Å². The Morgan fingerprint density at radius 3 is 2.88 bits per heavy atom. The first kappa shape index (κ1) is 19.0. The number of nitrogens with zero attached hydrogens (tertiary/aromatic N) is 3. The molecule has 1 aromatic carbocycles. The molecular formula is C20H28N4O. The van der Waals surface area contributed by atoms with Gasteiger partial charge in [-0.3, -0.25) is 4.79 Å². The third-order valence-corrected chi connectivity index (χ3v) is 4.85. The number of amides is 1. The lowest BCUT2D eigenvalue weighted by Crippen LogP contribution is -2.48. The fraction of sp³-hybridized carbons (Fsp3) is 0.550. The van der Waals surface area contributed by atoms with E-state index in [9.17, 15) is 4.79 Å². The standard InChI is InChI=1S/C20H28N4O/c1-6-9-24-18-10-14(2)16(13-22-23-19(25)7-8-21)11-17(18)15(3)12-20(24,4)5/h10-11,13,15H,6-7,9,12H2,1-5H3,(H,23,25)/b22-13-. The third kappa shape index (κ3) is 4.19. The van der Waals surface area contributed by atoms with Crippen LogP contribution in [0, 0.1) is 18.3 Å². The van der Waals surface area contributed by atoms with E-state index in [2.05, 4.69) is 62.2 Å². The highest BCUT2D eigenvalue weighted by Crippen LogP contribution is 2.44. The van der Waals surface area contributed by atoms with Gasteiger partial charge in [-0.05, 0) is 68.4 Å². The van der Waals surface area contributed by atoms with E-state index in [1.165, 1.54) is 11.3 Å². The van der Waals surface area contributed by atoms with Crippen molar-refractivity contribution in [1.29, 1.82) is 5.26 Å². The van der Waals surface area contributed by atoms with Crippen LogP contribution in [0.3, 0.4) is 0 Å². The minimum Gasteiger partial charge on any atom is -0.366 e. The predicted molar refractivity (Wildman–Crippen MR) is 102 cm³/mol.